The van der Waals surface area contributed by atoms with Gasteiger partial charge in [0.25, 0.3) is 0 Å². The van der Waals surface area contributed by atoms with Crippen molar-refractivity contribution < 1.29 is 9.53 Å². The summed E-state index contributed by atoms with van der Waals surface area (Å²) in [6.45, 7) is 6.65. The van der Waals surface area contributed by atoms with Gasteiger partial charge in [0.15, 0.2) is 0 Å². The number of hydrogen-bond acceptors (Lipinski definition) is 2. The first kappa shape index (κ1) is 11.7. The molecule has 3 heteroatoms. The average Bonchev–Trinajstić information content (AvgIpc) is 2.30. The van der Waals surface area contributed by atoms with E-state index in [-0.39, 0.29) is 17.0 Å². The molecule has 2 nitrogen and oxygen atoms in total. The molecule has 86 valence electrons. The SMILES string of the molecule is C[C@@H]1CC[C@]2(OC(=O)CC2(C)C)[C@@H](I)C1. The lowest BCUT2D eigenvalue weighted by Crippen LogP contribution is -2.52. The Kier molecular flexibility index (Phi) is 2.81. The molecule has 1 saturated heterocycles. The summed E-state index contributed by atoms with van der Waals surface area (Å²) in [5.41, 5.74) is -0.173. The molecule has 0 amide bonds. The minimum atomic E-state index is -0.183. The third kappa shape index (κ3) is 1.71. The van der Waals surface area contributed by atoms with E-state index in [4.69, 9.17) is 4.74 Å². The molecule has 0 bridgehead atoms. The number of carbonyl (C=O) groups is 1. The zero-order valence-corrected chi connectivity index (χ0v) is 11.8. The standard InChI is InChI=1S/C12H19IO2/c1-8-4-5-12(9(13)6-8)11(2,3)7-10(14)15-12/h8-9H,4-7H2,1-3H3/t8-,9+,12+/m1/s1. The number of rotatable bonds is 0. The molecule has 1 heterocycles. The van der Waals surface area contributed by atoms with Gasteiger partial charge >= 0.3 is 5.97 Å². The third-order valence-electron chi connectivity index (χ3n) is 4.15. The van der Waals surface area contributed by atoms with Gasteiger partial charge in [-0.25, -0.2) is 0 Å². The van der Waals surface area contributed by atoms with Crippen LogP contribution in [0.15, 0.2) is 0 Å². The molecule has 2 fully saturated rings. The summed E-state index contributed by atoms with van der Waals surface area (Å²) in [4.78, 5) is 11.5. The fourth-order valence-corrected chi connectivity index (χ4v) is 5.19. The summed E-state index contributed by atoms with van der Waals surface area (Å²) in [5, 5.41) is 0. The zero-order chi connectivity index (χ0) is 11.3. The van der Waals surface area contributed by atoms with Gasteiger partial charge in [-0.2, -0.15) is 0 Å². The van der Waals surface area contributed by atoms with Crippen LogP contribution in [0.5, 0.6) is 0 Å². The number of esters is 1. The van der Waals surface area contributed by atoms with Crippen molar-refractivity contribution in [2.75, 3.05) is 0 Å². The summed E-state index contributed by atoms with van der Waals surface area (Å²) >= 11 is 2.48. The maximum Gasteiger partial charge on any atom is 0.307 e. The van der Waals surface area contributed by atoms with E-state index < -0.39 is 0 Å². The molecular weight excluding hydrogens is 303 g/mol. The van der Waals surface area contributed by atoms with Gasteiger partial charge in [-0.3, -0.25) is 4.79 Å². The smallest absolute Gasteiger partial charge is 0.307 e. The van der Waals surface area contributed by atoms with Crippen LogP contribution in [-0.2, 0) is 9.53 Å². The van der Waals surface area contributed by atoms with Gasteiger partial charge in [-0.1, -0.05) is 43.4 Å². The number of ether oxygens (including phenoxy) is 1. The van der Waals surface area contributed by atoms with Crippen LogP contribution in [-0.4, -0.2) is 15.5 Å². The van der Waals surface area contributed by atoms with Crippen molar-refractivity contribution >= 4 is 28.6 Å². The van der Waals surface area contributed by atoms with Crippen molar-refractivity contribution in [1.82, 2.24) is 0 Å². The van der Waals surface area contributed by atoms with Crippen LogP contribution < -0.4 is 0 Å². The van der Waals surface area contributed by atoms with Crippen molar-refractivity contribution in [3.8, 4) is 0 Å². The third-order valence-corrected chi connectivity index (χ3v) is 5.67. The van der Waals surface area contributed by atoms with E-state index in [0.29, 0.717) is 10.3 Å². The lowest BCUT2D eigenvalue weighted by atomic mass is 9.65. The zero-order valence-electron chi connectivity index (χ0n) is 9.68. The van der Waals surface area contributed by atoms with Gasteiger partial charge in [0.05, 0.1) is 10.3 Å². The van der Waals surface area contributed by atoms with Crippen molar-refractivity contribution in [2.45, 2.75) is 56.0 Å². The predicted molar refractivity (Wildman–Crippen MR) is 68.0 cm³/mol. The van der Waals surface area contributed by atoms with E-state index in [1.165, 1.54) is 12.8 Å². The molecule has 0 unspecified atom stereocenters. The van der Waals surface area contributed by atoms with E-state index in [1.807, 2.05) is 0 Å². The van der Waals surface area contributed by atoms with E-state index in [9.17, 15) is 4.79 Å². The first-order valence-corrected chi connectivity index (χ1v) is 6.98. The quantitative estimate of drug-likeness (QED) is 0.388. The summed E-state index contributed by atoms with van der Waals surface area (Å²) in [6, 6.07) is 0. The Bertz CT molecular complexity index is 287. The van der Waals surface area contributed by atoms with E-state index >= 15 is 0 Å². The Balaban J connectivity index is 2.29. The monoisotopic (exact) mass is 322 g/mol. The van der Waals surface area contributed by atoms with Crippen molar-refractivity contribution in [2.24, 2.45) is 11.3 Å². The van der Waals surface area contributed by atoms with Crippen LogP contribution >= 0.6 is 22.6 Å². The predicted octanol–water partition coefficient (Wildman–Crippen LogP) is 3.32. The molecule has 0 aromatic rings. The Hall–Kier alpha value is 0.200. The molecule has 0 N–H and O–H groups in total. The fraction of sp³-hybridized carbons (Fsp3) is 0.917. The molecule has 1 aliphatic heterocycles. The molecule has 3 atom stereocenters. The van der Waals surface area contributed by atoms with Gasteiger partial charge in [-0.05, 0) is 25.2 Å². The summed E-state index contributed by atoms with van der Waals surface area (Å²) in [7, 11) is 0. The maximum absolute atomic E-state index is 11.5. The van der Waals surface area contributed by atoms with Crippen LogP contribution in [0.1, 0.15) is 46.5 Å². The lowest BCUT2D eigenvalue weighted by molar-refractivity contribution is -0.154. The highest BCUT2D eigenvalue weighted by molar-refractivity contribution is 14.1. The summed E-state index contributed by atoms with van der Waals surface area (Å²) in [5.74, 6) is 0.767. The van der Waals surface area contributed by atoms with Gasteiger partial charge < -0.3 is 4.74 Å². The molecule has 2 aliphatic rings. The van der Waals surface area contributed by atoms with Crippen LogP contribution in [0.25, 0.3) is 0 Å². The van der Waals surface area contributed by atoms with Crippen LogP contribution in [0.3, 0.4) is 0 Å². The van der Waals surface area contributed by atoms with Crippen LogP contribution in [0, 0.1) is 11.3 Å². The van der Waals surface area contributed by atoms with Crippen molar-refractivity contribution in [1.29, 1.82) is 0 Å². The average molecular weight is 322 g/mol. The minimum Gasteiger partial charge on any atom is -0.457 e. The Labute approximate surface area is 105 Å². The molecule has 1 spiro atoms. The Morgan fingerprint density at radius 1 is 1.47 bits per heavy atom. The van der Waals surface area contributed by atoms with E-state index in [2.05, 4.69) is 43.4 Å². The number of halogens is 1. The maximum atomic E-state index is 11.5. The molecule has 0 aromatic carbocycles. The molecule has 1 saturated carbocycles. The highest BCUT2D eigenvalue weighted by atomic mass is 127. The largest absolute Gasteiger partial charge is 0.457 e. The topological polar surface area (TPSA) is 26.3 Å². The molecule has 15 heavy (non-hydrogen) atoms. The Morgan fingerprint density at radius 2 is 2.13 bits per heavy atom. The highest BCUT2D eigenvalue weighted by Crippen LogP contribution is 2.54. The molecule has 0 aromatic heterocycles. The number of alkyl halides is 1. The normalized spacial score (nSPS) is 44.4. The first-order chi connectivity index (χ1) is 6.87. The van der Waals surface area contributed by atoms with E-state index in [0.717, 1.165) is 12.3 Å². The second-order valence-electron chi connectivity index (χ2n) is 5.77. The van der Waals surface area contributed by atoms with Crippen molar-refractivity contribution in [3.63, 3.8) is 0 Å². The van der Waals surface area contributed by atoms with Gasteiger partial charge in [0, 0.05) is 5.41 Å². The lowest BCUT2D eigenvalue weighted by Gasteiger charge is -2.47. The summed E-state index contributed by atoms with van der Waals surface area (Å²) < 4.78 is 6.19. The van der Waals surface area contributed by atoms with Gasteiger partial charge in [0.2, 0.25) is 0 Å². The van der Waals surface area contributed by atoms with Gasteiger partial charge in [-0.15, -0.1) is 0 Å². The molecule has 0 radical (unpaired) electrons. The van der Waals surface area contributed by atoms with Crippen molar-refractivity contribution in [3.05, 3.63) is 0 Å². The first-order valence-electron chi connectivity index (χ1n) is 5.73. The Morgan fingerprint density at radius 3 is 2.60 bits per heavy atom. The van der Waals surface area contributed by atoms with Gasteiger partial charge in [0.1, 0.15) is 5.60 Å². The second kappa shape index (κ2) is 3.60. The van der Waals surface area contributed by atoms with E-state index in [1.54, 1.807) is 0 Å². The summed E-state index contributed by atoms with van der Waals surface area (Å²) in [6.07, 6.45) is 3.99. The number of hydrogen-bond donors (Lipinski definition) is 0. The number of carbonyl (C=O) groups excluding carboxylic acids is 1. The van der Waals surface area contributed by atoms with Crippen LogP contribution in [0.4, 0.5) is 0 Å². The molecular formula is C12H19IO2. The fourth-order valence-electron chi connectivity index (χ4n) is 3.04. The highest BCUT2D eigenvalue weighted by Gasteiger charge is 2.59. The second-order valence-corrected chi connectivity index (χ2v) is 7.27. The molecule has 2 rings (SSSR count). The van der Waals surface area contributed by atoms with Crippen LogP contribution in [0.2, 0.25) is 0 Å². The minimum absolute atomic E-state index is 0.00350. The molecule has 1 aliphatic carbocycles.